The molecule has 2 rings (SSSR count). The van der Waals surface area contributed by atoms with Crippen LogP contribution in [0.4, 0.5) is 0 Å². The zero-order valence-corrected chi connectivity index (χ0v) is 10.1. The molecule has 2 N–H and O–H groups in total. The topological polar surface area (TPSA) is 86.5 Å². The third-order valence-electron chi connectivity index (χ3n) is 2.60. The first kappa shape index (κ1) is 11.9. The fourth-order valence-electron chi connectivity index (χ4n) is 1.73. The molecule has 1 atom stereocenters. The normalized spacial score (nSPS) is 11.8. The predicted octanol–water partition coefficient (Wildman–Crippen LogP) is 1.05. The Hall–Kier alpha value is -2.55. The van der Waals surface area contributed by atoms with Crippen LogP contribution in [0.2, 0.25) is 0 Å². The summed E-state index contributed by atoms with van der Waals surface area (Å²) < 4.78 is 1.57. The van der Waals surface area contributed by atoms with Gasteiger partial charge in [-0.3, -0.25) is 9.48 Å². The lowest BCUT2D eigenvalue weighted by Crippen LogP contribution is -2.28. The molecule has 1 amide bonds. The van der Waals surface area contributed by atoms with Crippen molar-refractivity contribution in [3.8, 4) is 6.07 Å². The predicted molar refractivity (Wildman–Crippen MR) is 64.6 cm³/mol. The molecule has 2 aromatic heterocycles. The molecule has 0 aromatic carbocycles. The van der Waals surface area contributed by atoms with Gasteiger partial charge in [-0.05, 0) is 19.1 Å². The van der Waals surface area contributed by atoms with Crippen molar-refractivity contribution in [1.29, 1.82) is 5.26 Å². The zero-order chi connectivity index (χ0) is 13.1. The minimum atomic E-state index is -0.688. The molecule has 0 radical (unpaired) electrons. The highest BCUT2D eigenvalue weighted by Crippen LogP contribution is 2.11. The maximum absolute atomic E-state index is 12.0. The highest BCUT2D eigenvalue weighted by Gasteiger charge is 2.18. The quantitative estimate of drug-likeness (QED) is 0.844. The van der Waals surface area contributed by atoms with Crippen LogP contribution in [0.25, 0.3) is 0 Å². The van der Waals surface area contributed by atoms with Gasteiger partial charge in [0, 0.05) is 19.4 Å². The van der Waals surface area contributed by atoms with Crippen molar-refractivity contribution in [1.82, 2.24) is 20.1 Å². The second-order valence-corrected chi connectivity index (χ2v) is 3.96. The molecule has 6 nitrogen and oxygen atoms in total. The number of rotatable bonds is 3. The molecule has 18 heavy (non-hydrogen) atoms. The number of hydrogen-bond donors (Lipinski definition) is 2. The molecular formula is C12H13N5O. The van der Waals surface area contributed by atoms with Crippen molar-refractivity contribution in [2.24, 2.45) is 7.05 Å². The highest BCUT2D eigenvalue weighted by atomic mass is 16.1. The Morgan fingerprint density at radius 1 is 1.67 bits per heavy atom. The van der Waals surface area contributed by atoms with Crippen LogP contribution in [0.15, 0.2) is 24.5 Å². The van der Waals surface area contributed by atoms with E-state index in [1.165, 1.54) is 0 Å². The lowest BCUT2D eigenvalue weighted by Gasteiger charge is -2.09. The van der Waals surface area contributed by atoms with Gasteiger partial charge in [0.15, 0.2) is 6.04 Å². The van der Waals surface area contributed by atoms with Crippen LogP contribution < -0.4 is 5.32 Å². The van der Waals surface area contributed by atoms with E-state index in [-0.39, 0.29) is 5.91 Å². The number of carbonyl (C=O) groups is 1. The molecule has 92 valence electrons. The second kappa shape index (κ2) is 4.75. The van der Waals surface area contributed by atoms with Gasteiger partial charge in [0.05, 0.1) is 23.0 Å². The number of aromatic nitrogens is 3. The average molecular weight is 243 g/mol. The molecule has 6 heteroatoms. The summed E-state index contributed by atoms with van der Waals surface area (Å²) in [5, 5.41) is 15.8. The molecule has 1 unspecified atom stereocenters. The van der Waals surface area contributed by atoms with Crippen molar-refractivity contribution >= 4 is 5.91 Å². The monoisotopic (exact) mass is 243 g/mol. The Labute approximate surface area is 104 Å². The van der Waals surface area contributed by atoms with E-state index in [9.17, 15) is 4.79 Å². The smallest absolute Gasteiger partial charge is 0.256 e. The van der Waals surface area contributed by atoms with E-state index < -0.39 is 6.04 Å². The lowest BCUT2D eigenvalue weighted by atomic mass is 10.2. The van der Waals surface area contributed by atoms with E-state index in [0.29, 0.717) is 17.0 Å². The van der Waals surface area contributed by atoms with Crippen molar-refractivity contribution in [2.75, 3.05) is 0 Å². The summed E-state index contributed by atoms with van der Waals surface area (Å²) in [6.45, 7) is 1.75. The first-order chi connectivity index (χ1) is 8.61. The molecule has 2 aromatic rings. The number of nitrogens with zero attached hydrogens (tertiary/aromatic N) is 3. The van der Waals surface area contributed by atoms with E-state index in [0.717, 1.165) is 0 Å². The Kier molecular flexibility index (Phi) is 3.15. The standard InChI is InChI=1S/C12H13N5O/c1-8-9(7-17(2)16-8)12(18)15-11(6-13)10-4-3-5-14-10/h3-5,7,11,14H,1-2H3,(H,15,18). The summed E-state index contributed by atoms with van der Waals surface area (Å²) in [4.78, 5) is 14.9. The molecule has 0 aliphatic rings. The molecule has 0 fully saturated rings. The van der Waals surface area contributed by atoms with E-state index in [2.05, 4.69) is 15.4 Å². The van der Waals surface area contributed by atoms with Crippen LogP contribution >= 0.6 is 0 Å². The van der Waals surface area contributed by atoms with Crippen molar-refractivity contribution in [3.05, 3.63) is 41.5 Å². The molecule has 0 aliphatic carbocycles. The fourth-order valence-corrected chi connectivity index (χ4v) is 1.73. The molecule has 0 spiro atoms. The number of amides is 1. The highest BCUT2D eigenvalue weighted by molar-refractivity contribution is 5.95. The van der Waals surface area contributed by atoms with Crippen LogP contribution in [0.3, 0.4) is 0 Å². The first-order valence-electron chi connectivity index (χ1n) is 5.46. The van der Waals surface area contributed by atoms with Gasteiger partial charge in [0.2, 0.25) is 0 Å². The molecule has 0 saturated heterocycles. The Morgan fingerprint density at radius 2 is 2.44 bits per heavy atom. The molecule has 0 bridgehead atoms. The van der Waals surface area contributed by atoms with Gasteiger partial charge in [-0.15, -0.1) is 0 Å². The minimum Gasteiger partial charge on any atom is -0.362 e. The van der Waals surface area contributed by atoms with Gasteiger partial charge in [0.1, 0.15) is 0 Å². The fraction of sp³-hybridized carbons (Fsp3) is 0.250. The summed E-state index contributed by atoms with van der Waals surface area (Å²) in [6.07, 6.45) is 3.34. The van der Waals surface area contributed by atoms with E-state index >= 15 is 0 Å². The van der Waals surface area contributed by atoms with Gasteiger partial charge in [-0.2, -0.15) is 10.4 Å². The zero-order valence-electron chi connectivity index (χ0n) is 10.1. The van der Waals surface area contributed by atoms with Crippen LogP contribution in [0, 0.1) is 18.3 Å². The SMILES string of the molecule is Cc1nn(C)cc1C(=O)NC(C#N)c1ccc[nH]1. The summed E-state index contributed by atoms with van der Waals surface area (Å²) in [6, 6.07) is 4.89. The Bertz CT molecular complexity index is 591. The van der Waals surface area contributed by atoms with Crippen molar-refractivity contribution < 1.29 is 4.79 Å². The van der Waals surface area contributed by atoms with Crippen LogP contribution in [-0.2, 0) is 7.05 Å². The van der Waals surface area contributed by atoms with Crippen molar-refractivity contribution in [3.63, 3.8) is 0 Å². The number of aromatic amines is 1. The number of hydrogen-bond acceptors (Lipinski definition) is 3. The van der Waals surface area contributed by atoms with Crippen LogP contribution in [0.5, 0.6) is 0 Å². The summed E-state index contributed by atoms with van der Waals surface area (Å²) >= 11 is 0. The van der Waals surface area contributed by atoms with Gasteiger partial charge >= 0.3 is 0 Å². The van der Waals surface area contributed by atoms with Crippen LogP contribution in [0.1, 0.15) is 27.8 Å². The average Bonchev–Trinajstić information content (AvgIpc) is 2.95. The maximum atomic E-state index is 12.0. The van der Waals surface area contributed by atoms with E-state index in [4.69, 9.17) is 5.26 Å². The second-order valence-electron chi connectivity index (χ2n) is 3.96. The van der Waals surface area contributed by atoms with Gasteiger partial charge in [-0.25, -0.2) is 0 Å². The van der Waals surface area contributed by atoms with Gasteiger partial charge < -0.3 is 10.3 Å². The number of aryl methyl sites for hydroxylation is 2. The Balaban J connectivity index is 2.16. The summed E-state index contributed by atoms with van der Waals surface area (Å²) in [7, 11) is 1.75. The molecule has 0 saturated carbocycles. The number of carbonyl (C=O) groups excluding carboxylic acids is 1. The van der Waals surface area contributed by atoms with E-state index in [1.54, 1.807) is 43.2 Å². The van der Waals surface area contributed by atoms with Crippen molar-refractivity contribution in [2.45, 2.75) is 13.0 Å². The largest absolute Gasteiger partial charge is 0.362 e. The van der Waals surface area contributed by atoms with Crippen LogP contribution in [-0.4, -0.2) is 20.7 Å². The first-order valence-corrected chi connectivity index (χ1v) is 5.46. The Morgan fingerprint density at radius 3 is 2.94 bits per heavy atom. The van der Waals surface area contributed by atoms with Gasteiger partial charge in [0.25, 0.3) is 5.91 Å². The number of H-pyrrole nitrogens is 1. The summed E-state index contributed by atoms with van der Waals surface area (Å²) in [5.74, 6) is -0.304. The third kappa shape index (κ3) is 2.25. The lowest BCUT2D eigenvalue weighted by molar-refractivity contribution is 0.0944. The maximum Gasteiger partial charge on any atom is 0.256 e. The third-order valence-corrected chi connectivity index (χ3v) is 2.60. The molecule has 0 aliphatic heterocycles. The molecule has 2 heterocycles. The number of nitrogens with one attached hydrogen (secondary N) is 2. The van der Waals surface area contributed by atoms with Gasteiger partial charge in [-0.1, -0.05) is 0 Å². The molecular weight excluding hydrogens is 230 g/mol. The summed E-state index contributed by atoms with van der Waals surface area (Å²) in [5.41, 5.74) is 1.77. The number of nitriles is 1. The van der Waals surface area contributed by atoms with E-state index in [1.807, 2.05) is 6.07 Å². The minimum absolute atomic E-state index is 0.304.